The first-order valence-corrected chi connectivity index (χ1v) is 17.9. The monoisotopic (exact) mass is 579 g/mol. The molecule has 42 heavy (non-hydrogen) atoms. The molecule has 1 N–H and O–H groups in total. The number of nitrogens with one attached hydrogen (secondary N) is 1. The summed E-state index contributed by atoms with van der Waals surface area (Å²) in [5.41, 5.74) is 2.87. The fourth-order valence-electron chi connectivity index (χ4n) is 7.60. The number of aromatic nitrogens is 1. The summed E-state index contributed by atoms with van der Waals surface area (Å²) in [7, 11) is -0.396. The van der Waals surface area contributed by atoms with E-state index in [0.29, 0.717) is 29.9 Å². The Morgan fingerprint density at radius 3 is 2.10 bits per heavy atom. The average Bonchev–Trinajstić information content (AvgIpc) is 3.78. The van der Waals surface area contributed by atoms with Gasteiger partial charge in [0.25, 0.3) is 8.32 Å². The van der Waals surface area contributed by atoms with Crippen LogP contribution < -0.4 is 20.6 Å². The van der Waals surface area contributed by atoms with Gasteiger partial charge in [0.15, 0.2) is 0 Å². The lowest BCUT2D eigenvalue weighted by Crippen LogP contribution is -2.67. The summed E-state index contributed by atoms with van der Waals surface area (Å²) in [6, 6.07) is 29.3. The maximum atomic E-state index is 7.43. The molecular weight excluding hydrogens is 531 g/mol. The minimum absolute atomic E-state index is 0.0442. The summed E-state index contributed by atoms with van der Waals surface area (Å²) in [6.45, 7) is 12.4. The van der Waals surface area contributed by atoms with Crippen LogP contribution in [-0.2, 0) is 4.43 Å². The molecular formula is C37H49N3OSi. The number of allylic oxidation sites excluding steroid dienone is 1. The number of benzene rings is 2. The summed E-state index contributed by atoms with van der Waals surface area (Å²) in [5.74, 6) is 2.12. The molecule has 3 aliphatic rings. The highest BCUT2D eigenvalue weighted by Crippen LogP contribution is 2.61. The SMILES string of the molecule is CC(C)C1CC=C(c2cccc(N(C)C3CC4(CC4)C3)n2)NC1CO[Si](c1ccccc1)(c1ccccc1)C(C)(C)C. The number of anilines is 1. The predicted molar refractivity (Wildman–Crippen MR) is 179 cm³/mol. The van der Waals surface area contributed by atoms with Gasteiger partial charge in [-0.15, -0.1) is 0 Å². The van der Waals surface area contributed by atoms with Gasteiger partial charge in [-0.1, -0.05) is 107 Å². The second-order valence-corrected chi connectivity index (χ2v) is 18.8. The minimum Gasteiger partial charge on any atom is -0.405 e. The van der Waals surface area contributed by atoms with Crippen molar-refractivity contribution in [2.75, 3.05) is 18.6 Å². The Balaban J connectivity index is 1.27. The fraction of sp³-hybridized carbons (Fsp3) is 0.486. The number of rotatable bonds is 9. The second kappa shape index (κ2) is 11.3. The van der Waals surface area contributed by atoms with Gasteiger partial charge in [-0.05, 0) is 76.9 Å². The van der Waals surface area contributed by atoms with Gasteiger partial charge in [-0.2, -0.15) is 0 Å². The van der Waals surface area contributed by atoms with Crippen LogP contribution in [0.1, 0.15) is 72.4 Å². The molecule has 2 fully saturated rings. The molecule has 1 aliphatic heterocycles. The van der Waals surface area contributed by atoms with Gasteiger partial charge in [0, 0.05) is 13.1 Å². The van der Waals surface area contributed by atoms with Gasteiger partial charge in [0.1, 0.15) is 5.82 Å². The van der Waals surface area contributed by atoms with Crippen LogP contribution in [0.3, 0.4) is 0 Å². The van der Waals surface area contributed by atoms with E-state index >= 15 is 0 Å². The van der Waals surface area contributed by atoms with Gasteiger partial charge in [0.2, 0.25) is 0 Å². The molecule has 2 aromatic carbocycles. The smallest absolute Gasteiger partial charge is 0.261 e. The third kappa shape index (κ3) is 5.46. The van der Waals surface area contributed by atoms with E-state index in [2.05, 4.69) is 137 Å². The van der Waals surface area contributed by atoms with Crippen molar-refractivity contribution in [1.29, 1.82) is 0 Å². The van der Waals surface area contributed by atoms with Crippen molar-refractivity contribution in [3.05, 3.63) is 90.6 Å². The highest BCUT2D eigenvalue weighted by molar-refractivity contribution is 6.99. The Labute approximate surface area is 254 Å². The molecule has 1 spiro atoms. The largest absolute Gasteiger partial charge is 0.405 e. The van der Waals surface area contributed by atoms with Crippen molar-refractivity contribution in [3.63, 3.8) is 0 Å². The van der Waals surface area contributed by atoms with Crippen LogP contribution in [0.2, 0.25) is 5.04 Å². The molecule has 2 heterocycles. The van der Waals surface area contributed by atoms with Gasteiger partial charge >= 0.3 is 0 Å². The van der Waals surface area contributed by atoms with Gasteiger partial charge in [0.05, 0.1) is 24.0 Å². The Morgan fingerprint density at radius 1 is 0.929 bits per heavy atom. The van der Waals surface area contributed by atoms with Crippen molar-refractivity contribution in [1.82, 2.24) is 10.3 Å². The Kier molecular flexibility index (Phi) is 7.86. The zero-order valence-corrected chi connectivity index (χ0v) is 27.4. The van der Waals surface area contributed by atoms with Gasteiger partial charge in [-0.25, -0.2) is 4.98 Å². The van der Waals surface area contributed by atoms with E-state index in [-0.39, 0.29) is 11.1 Å². The molecule has 0 amide bonds. The third-order valence-corrected chi connectivity index (χ3v) is 15.4. The van der Waals surface area contributed by atoms with E-state index in [1.807, 2.05) is 0 Å². The van der Waals surface area contributed by atoms with E-state index in [1.165, 1.54) is 36.1 Å². The van der Waals surface area contributed by atoms with Crippen LogP contribution >= 0.6 is 0 Å². The zero-order chi connectivity index (χ0) is 29.5. The van der Waals surface area contributed by atoms with Crippen molar-refractivity contribution < 1.29 is 4.43 Å². The topological polar surface area (TPSA) is 37.4 Å². The summed E-state index contributed by atoms with van der Waals surface area (Å²) in [5, 5.41) is 6.57. The standard InChI is InChI=1S/C37H49N3OSi/c1-27(2)31-20-21-33(32-18-13-19-35(39-32)40(6)28-24-37(25-28)22-23-37)38-34(31)26-41-42(36(3,4)5,29-14-9-7-10-15-29)30-16-11-8-12-17-30/h7-19,21,27-28,31,34,38H,20,22-26H2,1-6H3. The highest BCUT2D eigenvalue weighted by Gasteiger charge is 2.54. The molecule has 0 bridgehead atoms. The number of pyridine rings is 1. The van der Waals surface area contributed by atoms with E-state index in [1.54, 1.807) is 0 Å². The molecule has 3 aromatic rings. The third-order valence-electron chi connectivity index (χ3n) is 10.4. The molecule has 0 saturated heterocycles. The lowest BCUT2D eigenvalue weighted by atomic mass is 9.76. The lowest BCUT2D eigenvalue weighted by Gasteiger charge is -2.45. The van der Waals surface area contributed by atoms with Crippen molar-refractivity contribution >= 4 is 30.2 Å². The normalized spacial score (nSPS) is 21.9. The van der Waals surface area contributed by atoms with Crippen LogP contribution in [0.25, 0.3) is 5.70 Å². The quantitative estimate of drug-likeness (QED) is 0.277. The van der Waals surface area contributed by atoms with Gasteiger partial charge in [-0.3, -0.25) is 0 Å². The van der Waals surface area contributed by atoms with Crippen LogP contribution in [0, 0.1) is 17.3 Å². The first kappa shape index (κ1) is 29.2. The average molecular weight is 580 g/mol. The molecule has 4 nitrogen and oxygen atoms in total. The first-order valence-electron chi connectivity index (χ1n) is 16.0. The van der Waals surface area contributed by atoms with E-state index < -0.39 is 8.32 Å². The van der Waals surface area contributed by atoms with Crippen molar-refractivity contribution in [2.24, 2.45) is 17.3 Å². The van der Waals surface area contributed by atoms with Crippen molar-refractivity contribution in [3.8, 4) is 0 Å². The second-order valence-electron chi connectivity index (χ2n) is 14.5. The maximum Gasteiger partial charge on any atom is 0.261 e. The van der Waals surface area contributed by atoms with Crippen LogP contribution in [0.15, 0.2) is 84.9 Å². The van der Waals surface area contributed by atoms with E-state index in [9.17, 15) is 0 Å². The molecule has 1 aromatic heterocycles. The summed E-state index contributed by atoms with van der Waals surface area (Å²) >= 11 is 0. The molecule has 2 atom stereocenters. The minimum atomic E-state index is -2.62. The molecule has 2 aliphatic carbocycles. The molecule has 222 valence electrons. The van der Waals surface area contributed by atoms with Gasteiger partial charge < -0.3 is 14.6 Å². The molecule has 6 rings (SSSR count). The highest BCUT2D eigenvalue weighted by atomic mass is 28.4. The Hall–Kier alpha value is -2.89. The Morgan fingerprint density at radius 2 is 1.55 bits per heavy atom. The van der Waals surface area contributed by atoms with E-state index in [4.69, 9.17) is 9.41 Å². The summed E-state index contributed by atoms with van der Waals surface area (Å²) in [6.07, 6.45) is 8.91. The summed E-state index contributed by atoms with van der Waals surface area (Å²) in [4.78, 5) is 7.59. The maximum absolute atomic E-state index is 7.43. The summed E-state index contributed by atoms with van der Waals surface area (Å²) < 4.78 is 7.43. The Bertz CT molecular complexity index is 1350. The zero-order valence-electron chi connectivity index (χ0n) is 26.4. The fourth-order valence-corrected chi connectivity index (χ4v) is 12.2. The number of hydrogen-bond acceptors (Lipinski definition) is 4. The van der Waals surface area contributed by atoms with Crippen LogP contribution in [0.4, 0.5) is 5.82 Å². The van der Waals surface area contributed by atoms with E-state index in [0.717, 1.165) is 23.6 Å². The molecule has 2 unspecified atom stereocenters. The predicted octanol–water partition coefficient (Wildman–Crippen LogP) is 7.01. The van der Waals surface area contributed by atoms with Crippen molar-refractivity contribution in [2.45, 2.75) is 83.8 Å². The number of hydrogen-bond donors (Lipinski definition) is 1. The molecule has 2 saturated carbocycles. The van der Waals surface area contributed by atoms with Crippen LogP contribution in [0.5, 0.6) is 0 Å². The first-order chi connectivity index (χ1) is 20.1. The molecule has 0 radical (unpaired) electrons. The lowest BCUT2D eigenvalue weighted by molar-refractivity contribution is 0.186. The number of nitrogens with zero attached hydrogens (tertiary/aromatic N) is 2. The van der Waals surface area contributed by atoms with Crippen LogP contribution in [-0.4, -0.2) is 39.0 Å². The molecule has 5 heteroatoms.